The topological polar surface area (TPSA) is 38.8 Å². The van der Waals surface area contributed by atoms with Crippen molar-refractivity contribution in [1.82, 2.24) is 0 Å². The largest absolute Gasteiger partial charge is 0.493 e. The predicted octanol–water partition coefficient (Wildman–Crippen LogP) is 5.82. The Morgan fingerprint density at radius 2 is 1.55 bits per heavy atom. The van der Waals surface area contributed by atoms with E-state index in [1.807, 2.05) is 54.6 Å². The molecule has 2 aromatic carbocycles. The molecule has 0 N–H and O–H groups in total. The molecule has 0 heterocycles. The van der Waals surface area contributed by atoms with Crippen molar-refractivity contribution in [2.45, 2.75) is 12.8 Å². The maximum Gasteiger partial charge on any atom is 0.185 e. The van der Waals surface area contributed by atoms with E-state index in [9.17, 15) is 4.79 Å². The SMILES string of the molecule is COc1cccc(/C=C2\CC/C(=C\c3ccc(N(CCCl)CCCl)cc3)C2=O)c1OC. The van der Waals surface area contributed by atoms with Gasteiger partial charge in [-0.05, 0) is 48.8 Å². The van der Waals surface area contributed by atoms with E-state index in [4.69, 9.17) is 32.7 Å². The number of halogens is 2. The number of alkyl halides is 2. The minimum Gasteiger partial charge on any atom is -0.493 e. The second-order valence-corrected chi connectivity index (χ2v) is 7.96. The van der Waals surface area contributed by atoms with Crippen molar-refractivity contribution in [2.24, 2.45) is 0 Å². The Labute approximate surface area is 194 Å². The number of hydrogen-bond acceptors (Lipinski definition) is 4. The van der Waals surface area contributed by atoms with E-state index in [0.29, 0.717) is 29.7 Å². The highest BCUT2D eigenvalue weighted by molar-refractivity contribution is 6.18. The number of carbonyl (C=O) groups excluding carboxylic acids is 1. The van der Waals surface area contributed by atoms with E-state index in [1.165, 1.54) is 0 Å². The second kappa shape index (κ2) is 11.3. The third kappa shape index (κ3) is 5.63. The molecule has 31 heavy (non-hydrogen) atoms. The number of ether oxygens (including phenoxy) is 2. The summed E-state index contributed by atoms with van der Waals surface area (Å²) in [6, 6.07) is 13.8. The summed E-state index contributed by atoms with van der Waals surface area (Å²) in [5.41, 5.74) is 4.52. The smallest absolute Gasteiger partial charge is 0.185 e. The van der Waals surface area contributed by atoms with Gasteiger partial charge in [-0.15, -0.1) is 23.2 Å². The van der Waals surface area contributed by atoms with Crippen molar-refractivity contribution >= 4 is 46.8 Å². The fourth-order valence-electron chi connectivity index (χ4n) is 3.75. The number of anilines is 1. The zero-order valence-corrected chi connectivity index (χ0v) is 19.4. The van der Waals surface area contributed by atoms with Crippen LogP contribution < -0.4 is 14.4 Å². The molecule has 0 amide bonds. The number of Topliss-reactive ketones (excluding diaryl/α,β-unsaturated/α-hetero) is 1. The Balaban J connectivity index is 1.79. The van der Waals surface area contributed by atoms with Crippen LogP contribution in [0.4, 0.5) is 5.69 Å². The average Bonchev–Trinajstić information content (AvgIpc) is 3.13. The second-order valence-electron chi connectivity index (χ2n) is 7.21. The summed E-state index contributed by atoms with van der Waals surface area (Å²) >= 11 is 11.8. The molecule has 164 valence electrons. The molecule has 0 bridgehead atoms. The number of benzene rings is 2. The van der Waals surface area contributed by atoms with Crippen LogP contribution in [0.1, 0.15) is 24.0 Å². The quantitative estimate of drug-likeness (QED) is 0.349. The van der Waals surface area contributed by atoms with Gasteiger partial charge < -0.3 is 14.4 Å². The number of allylic oxidation sites excluding steroid dienone is 2. The maximum atomic E-state index is 13.0. The van der Waals surface area contributed by atoms with E-state index >= 15 is 0 Å². The summed E-state index contributed by atoms with van der Waals surface area (Å²) in [6.45, 7) is 1.49. The molecule has 2 aromatic rings. The Bertz CT molecular complexity index is 961. The van der Waals surface area contributed by atoms with Gasteiger partial charge in [0.15, 0.2) is 17.3 Å². The zero-order chi connectivity index (χ0) is 22.2. The van der Waals surface area contributed by atoms with Gasteiger partial charge in [0, 0.05) is 47.2 Å². The normalized spacial score (nSPS) is 16.2. The molecule has 6 heteroatoms. The molecule has 0 radical (unpaired) electrons. The fraction of sp³-hybridized carbons (Fsp3) is 0.320. The van der Waals surface area contributed by atoms with Crippen molar-refractivity contribution in [2.75, 3.05) is 44.0 Å². The molecular weight excluding hydrogens is 433 g/mol. The minimum atomic E-state index is 0.0832. The molecule has 1 aliphatic carbocycles. The third-order valence-electron chi connectivity index (χ3n) is 5.32. The molecular formula is C25H27Cl2NO3. The molecule has 0 aromatic heterocycles. The molecule has 1 aliphatic rings. The maximum absolute atomic E-state index is 13.0. The highest BCUT2D eigenvalue weighted by Gasteiger charge is 2.23. The molecule has 1 saturated carbocycles. The summed E-state index contributed by atoms with van der Waals surface area (Å²) in [7, 11) is 3.21. The standard InChI is InChI=1S/C25H27Cl2NO3/c1-30-23-5-3-4-21(25(23)31-2)17-20-9-8-19(24(20)29)16-18-6-10-22(11-7-18)28(14-12-26)15-13-27/h3-7,10-11,16-17H,8-9,12-15H2,1-2H3/b19-16+,20-17+. The molecule has 4 nitrogen and oxygen atoms in total. The van der Waals surface area contributed by atoms with Crippen LogP contribution in [0.25, 0.3) is 12.2 Å². The van der Waals surface area contributed by atoms with Gasteiger partial charge in [0.1, 0.15) is 0 Å². The Morgan fingerprint density at radius 1 is 0.903 bits per heavy atom. The van der Waals surface area contributed by atoms with Gasteiger partial charge in [0.25, 0.3) is 0 Å². The van der Waals surface area contributed by atoms with E-state index in [2.05, 4.69) is 4.90 Å². The lowest BCUT2D eigenvalue weighted by Crippen LogP contribution is -2.27. The van der Waals surface area contributed by atoms with Gasteiger partial charge in [-0.3, -0.25) is 4.79 Å². The van der Waals surface area contributed by atoms with E-state index in [0.717, 1.165) is 47.5 Å². The van der Waals surface area contributed by atoms with Crippen molar-refractivity contribution in [3.05, 3.63) is 64.7 Å². The van der Waals surface area contributed by atoms with E-state index < -0.39 is 0 Å². The monoisotopic (exact) mass is 459 g/mol. The number of nitrogens with zero attached hydrogens (tertiary/aromatic N) is 1. The first kappa shape index (κ1) is 23.2. The van der Waals surface area contributed by atoms with Crippen LogP contribution in [0.3, 0.4) is 0 Å². The van der Waals surface area contributed by atoms with Crippen LogP contribution in [0.5, 0.6) is 11.5 Å². The number of methoxy groups -OCH3 is 2. The highest BCUT2D eigenvalue weighted by Crippen LogP contribution is 2.35. The fourth-order valence-corrected chi connectivity index (χ4v) is 4.16. The summed E-state index contributed by atoms with van der Waals surface area (Å²) < 4.78 is 10.8. The molecule has 0 atom stereocenters. The van der Waals surface area contributed by atoms with Crippen molar-refractivity contribution < 1.29 is 14.3 Å². The van der Waals surface area contributed by atoms with Gasteiger partial charge in [-0.25, -0.2) is 0 Å². The van der Waals surface area contributed by atoms with Crippen molar-refractivity contribution in [3.63, 3.8) is 0 Å². The number of hydrogen-bond donors (Lipinski definition) is 0. The highest BCUT2D eigenvalue weighted by atomic mass is 35.5. The molecule has 0 spiro atoms. The molecule has 1 fully saturated rings. The van der Waals surface area contributed by atoms with Crippen LogP contribution in [0.2, 0.25) is 0 Å². The number of carbonyl (C=O) groups is 1. The summed E-state index contributed by atoms with van der Waals surface area (Å²) in [4.78, 5) is 15.1. The van der Waals surface area contributed by atoms with Crippen LogP contribution in [0.15, 0.2) is 53.6 Å². The molecule has 3 rings (SSSR count). The van der Waals surface area contributed by atoms with E-state index in [1.54, 1.807) is 14.2 Å². The Morgan fingerprint density at radius 3 is 2.13 bits per heavy atom. The molecule has 0 unspecified atom stereocenters. The van der Waals surface area contributed by atoms with Gasteiger partial charge >= 0.3 is 0 Å². The van der Waals surface area contributed by atoms with Crippen LogP contribution in [-0.4, -0.2) is 44.9 Å². The van der Waals surface area contributed by atoms with Gasteiger partial charge in [0.2, 0.25) is 0 Å². The van der Waals surface area contributed by atoms with Crippen LogP contribution >= 0.6 is 23.2 Å². The third-order valence-corrected chi connectivity index (χ3v) is 5.66. The molecule has 0 saturated heterocycles. The van der Waals surface area contributed by atoms with Gasteiger partial charge in [-0.2, -0.15) is 0 Å². The number of rotatable bonds is 9. The lowest BCUT2D eigenvalue weighted by molar-refractivity contribution is -0.111. The zero-order valence-electron chi connectivity index (χ0n) is 17.9. The lowest BCUT2D eigenvalue weighted by atomic mass is 10.1. The predicted molar refractivity (Wildman–Crippen MR) is 130 cm³/mol. The first-order valence-electron chi connectivity index (χ1n) is 10.2. The van der Waals surface area contributed by atoms with Crippen LogP contribution in [0, 0.1) is 0 Å². The minimum absolute atomic E-state index is 0.0832. The summed E-state index contributed by atoms with van der Waals surface area (Å²) in [5.74, 6) is 2.46. The lowest BCUT2D eigenvalue weighted by Gasteiger charge is -2.22. The summed E-state index contributed by atoms with van der Waals surface area (Å²) in [5, 5.41) is 0. The van der Waals surface area contributed by atoms with E-state index in [-0.39, 0.29) is 5.78 Å². The van der Waals surface area contributed by atoms with Gasteiger partial charge in [-0.1, -0.05) is 24.3 Å². The number of para-hydroxylation sites is 1. The number of ketones is 1. The van der Waals surface area contributed by atoms with Crippen molar-refractivity contribution in [1.29, 1.82) is 0 Å². The first-order chi connectivity index (χ1) is 15.1. The summed E-state index contributed by atoms with van der Waals surface area (Å²) in [6.07, 6.45) is 5.32. The molecule has 0 aliphatic heterocycles. The Hall–Kier alpha value is -2.43. The average molecular weight is 460 g/mol. The Kier molecular flexibility index (Phi) is 8.44. The van der Waals surface area contributed by atoms with Crippen molar-refractivity contribution in [3.8, 4) is 11.5 Å². The van der Waals surface area contributed by atoms with Crippen LogP contribution in [-0.2, 0) is 4.79 Å². The first-order valence-corrected chi connectivity index (χ1v) is 11.3. The van der Waals surface area contributed by atoms with Gasteiger partial charge in [0.05, 0.1) is 14.2 Å².